The number of halogens is 2. The van der Waals surface area contributed by atoms with Gasteiger partial charge in [-0.2, -0.15) is 0 Å². The monoisotopic (exact) mass is 2000 g/mol. The van der Waals surface area contributed by atoms with Crippen molar-refractivity contribution >= 4 is 132 Å². The van der Waals surface area contributed by atoms with Crippen molar-refractivity contribution in [2.24, 2.45) is 0 Å². The van der Waals surface area contributed by atoms with Crippen LogP contribution in [0.4, 0.5) is 45.5 Å². The molecule has 17 rings (SSSR count). The van der Waals surface area contributed by atoms with Crippen molar-refractivity contribution < 1.29 is 43.9 Å². The predicted octanol–water partition coefficient (Wildman–Crippen LogP) is 20.0. The van der Waals surface area contributed by atoms with Crippen LogP contribution in [0.1, 0.15) is 80.8 Å². The second-order valence-electron chi connectivity index (χ2n) is 36.5. The van der Waals surface area contributed by atoms with Crippen molar-refractivity contribution in [2.75, 3.05) is 163 Å². The summed E-state index contributed by atoms with van der Waals surface area (Å²) in [6.07, 6.45) is 8.66. The molecule has 137 heavy (non-hydrogen) atoms. The van der Waals surface area contributed by atoms with Crippen LogP contribution in [0.2, 0.25) is 10.0 Å². The Bertz CT molecular complexity index is 6640. The molecule has 31 heteroatoms. The molecule has 10 aromatic carbocycles. The average Bonchev–Trinajstić information content (AvgIpc) is 1.58. The summed E-state index contributed by atoms with van der Waals surface area (Å²) in [6, 6.07) is 78.3. The van der Waals surface area contributed by atoms with Crippen molar-refractivity contribution in [3.8, 4) is 44.8 Å². The summed E-state index contributed by atoms with van der Waals surface area (Å²) in [5.41, 5.74) is 16.8. The Morgan fingerprint density at radius 3 is 1.23 bits per heavy atom. The molecule has 23 nitrogen and oxygen atoms in total. The quantitative estimate of drug-likeness (QED) is 0.0205. The lowest BCUT2D eigenvalue weighted by Crippen LogP contribution is -2.46. The molecule has 0 spiro atoms. The van der Waals surface area contributed by atoms with Gasteiger partial charge in [0.1, 0.15) is 4.90 Å². The van der Waals surface area contributed by atoms with Crippen LogP contribution in [0.15, 0.2) is 272 Å². The number of sulfonamides is 3. The molecule has 5 aliphatic rings. The van der Waals surface area contributed by atoms with Gasteiger partial charge in [-0.05, 0) is 277 Å². The number of sulfone groups is 1. The number of aromatic nitrogens is 2. The van der Waals surface area contributed by atoms with Crippen LogP contribution in [0.5, 0.6) is 0 Å². The molecule has 2 aromatic heterocycles. The van der Waals surface area contributed by atoms with Crippen molar-refractivity contribution in [3.63, 3.8) is 0 Å². The number of hydrogen-bond donors (Lipinski definition) is 6. The van der Waals surface area contributed by atoms with E-state index in [2.05, 4.69) is 119 Å². The lowest BCUT2D eigenvalue weighted by atomic mass is 10.00. The van der Waals surface area contributed by atoms with Crippen LogP contribution in [-0.4, -0.2) is 215 Å². The summed E-state index contributed by atoms with van der Waals surface area (Å²) in [7, 11) is -12.0. The van der Waals surface area contributed by atoms with Crippen LogP contribution < -0.4 is 39.7 Å². The zero-order valence-electron chi connectivity index (χ0n) is 78.9. The minimum atomic E-state index is -3.87. The van der Waals surface area contributed by atoms with Gasteiger partial charge in [0.2, 0.25) is 10.0 Å². The minimum absolute atomic E-state index is 0.155. The van der Waals surface area contributed by atoms with Gasteiger partial charge in [0.25, 0.3) is 20.0 Å². The Morgan fingerprint density at radius 2 is 0.832 bits per heavy atom. The minimum Gasteiger partial charge on any atom is -0.393 e. The number of aryl methyl sites for hydroxylation is 2. The highest BCUT2D eigenvalue weighted by Crippen LogP contribution is 2.48. The molecule has 6 N–H and O–H groups in total. The first-order chi connectivity index (χ1) is 65.9. The van der Waals surface area contributed by atoms with E-state index in [0.717, 1.165) is 251 Å². The topological polar surface area (TPSA) is 258 Å². The molecule has 0 aliphatic carbocycles. The highest BCUT2D eigenvalue weighted by atomic mass is 35.5. The number of piperidine rings is 2. The van der Waals surface area contributed by atoms with Crippen LogP contribution in [0.25, 0.3) is 44.8 Å². The van der Waals surface area contributed by atoms with Gasteiger partial charge in [-0.25, -0.2) is 38.0 Å². The first-order valence-electron chi connectivity index (χ1n) is 47.4. The Morgan fingerprint density at radius 1 is 0.431 bits per heavy atom. The van der Waals surface area contributed by atoms with E-state index in [-0.39, 0.29) is 34.1 Å². The van der Waals surface area contributed by atoms with Crippen molar-refractivity contribution in [1.29, 1.82) is 0 Å². The Labute approximate surface area is 828 Å². The van der Waals surface area contributed by atoms with Gasteiger partial charge in [0.05, 0.1) is 38.3 Å². The summed E-state index contributed by atoms with van der Waals surface area (Å²) < 4.78 is 121. The van der Waals surface area contributed by atoms with E-state index in [1.165, 1.54) is 20.4 Å². The Hall–Kier alpha value is -9.96. The van der Waals surface area contributed by atoms with Crippen molar-refractivity contribution in [1.82, 2.24) is 23.2 Å². The maximum atomic E-state index is 14.0. The fraction of sp³-hybridized carbons (Fsp3) is 0.358. The molecule has 0 unspecified atom stereocenters. The smallest absolute Gasteiger partial charge is 0.261 e. The third kappa shape index (κ3) is 24.6. The Balaban J connectivity index is 0.000000198. The highest BCUT2D eigenvalue weighted by molar-refractivity contribution is 7.99. The zero-order chi connectivity index (χ0) is 96.3. The lowest BCUT2D eigenvalue weighted by Gasteiger charge is -2.37. The van der Waals surface area contributed by atoms with E-state index >= 15 is 0 Å². The number of fused-ring (bicyclic) bond motifs is 1. The molecule has 0 bridgehead atoms. The largest absolute Gasteiger partial charge is 0.393 e. The summed E-state index contributed by atoms with van der Waals surface area (Å²) in [4.78, 5) is 17.7. The van der Waals surface area contributed by atoms with E-state index in [4.69, 9.17) is 23.2 Å². The van der Waals surface area contributed by atoms with E-state index in [1.54, 1.807) is 38.4 Å². The first kappa shape index (κ1) is 100. The number of nitrogens with one attached hydrogen (secondary N) is 4. The molecule has 5 aliphatic heterocycles. The highest BCUT2D eigenvalue weighted by Gasteiger charge is 2.36. The summed E-state index contributed by atoms with van der Waals surface area (Å²) >= 11 is 16.2. The number of piperazine rings is 2. The fourth-order valence-electron chi connectivity index (χ4n) is 19.3. The second-order valence-corrected chi connectivity index (χ2v) is 47.0. The fourth-order valence-corrected chi connectivity index (χ4v) is 26.4. The van der Waals surface area contributed by atoms with Crippen molar-refractivity contribution in [3.05, 3.63) is 275 Å². The van der Waals surface area contributed by atoms with Crippen LogP contribution >= 0.6 is 46.7 Å². The number of nitrogens with zero attached hydrogens (tertiary/aromatic N) is 9. The normalized spacial score (nSPS) is 16.2. The number of rotatable bonds is 34. The van der Waals surface area contributed by atoms with E-state index < -0.39 is 39.9 Å². The lowest BCUT2D eigenvalue weighted by molar-refractivity contribution is 0.0815. The molecule has 12 aromatic rings. The molecule has 0 amide bonds. The van der Waals surface area contributed by atoms with Gasteiger partial charge >= 0.3 is 0 Å². The number of thioether (sulfide) groups is 2. The SMILES string of the molecule is CCn1c(C)c(S(=O)(=O)N(C)C)c(-c2cccc(N3CCN(c4ccc(NS(=O)(=O)c5ccc(N[C@H](CCN6CCC(O)CC6)CSc6ccccc6)c(C)c5)cc4)CC3)c2)c1-c1ccc(Cl)cc1.Cc1cc(S(=O)(=O)Nc2ccc(N3CCN(c4cccc(-c5c(S(C)(=O)=O)c6n(c5-c5ccc(Cl)cc5)CCCC6)c4)CC3)cc2)ccc1N[C@H](CCN1CCC(O)CC1)CSc1ccccc1. The van der Waals surface area contributed by atoms with Gasteiger partial charge < -0.3 is 59.4 Å². The third-order valence-electron chi connectivity index (χ3n) is 26.9. The van der Waals surface area contributed by atoms with Gasteiger partial charge in [-0.3, -0.25) is 9.44 Å². The van der Waals surface area contributed by atoms with Crippen molar-refractivity contribution in [2.45, 2.75) is 152 Å². The molecule has 4 fully saturated rings. The summed E-state index contributed by atoms with van der Waals surface area (Å²) in [5.74, 6) is 1.72. The number of benzene rings is 10. The van der Waals surface area contributed by atoms with Crippen LogP contribution in [0, 0.1) is 20.8 Å². The first-order valence-corrected chi connectivity index (χ1v) is 56.4. The van der Waals surface area contributed by atoms with E-state index in [1.807, 2.05) is 209 Å². The molecule has 724 valence electrons. The van der Waals surface area contributed by atoms with Gasteiger partial charge in [0.15, 0.2) is 9.84 Å². The standard InChI is InChI=1S/C53H64ClN7O5S3.C53H61ClN6O5S3/c1-6-61-39(3)53(69(65,66)57(4)5)51(52(61)40-15-17-42(54)18-16-40)41-11-10-12-46(36-41)60-33-31-59(32-34-60)45-21-19-43(20-22-45)56-68(63,64)49-23-24-50(38(2)35-49)55-44(37-67-48-13-8-7-9-14-48)25-28-58-29-26-47(62)27-30-58;1-38-35-48(22-23-49(38)55-43(37-66-47-11-4-3-5-12-47)24-28-57-29-25-46(61)26-30-57)68(64,65)56-42-18-20-44(21-19-42)58-31-33-59(34-32-58)45-10-8-9-40(36-45)51-52(39-14-16-41(54)17-15-39)60-27-7-6-13-50(60)53(51)67(2,62)63/h7-24,35-36,44,47,55-56,62H,6,25-34,37H2,1-5H3;3-5,8-12,14-23,35-36,43,46,55-56,61H,6-7,13,24-34,37H2,1-2H3/t44-;43-/m11/s1. The average molecular weight is 2000 g/mol. The maximum Gasteiger partial charge on any atom is 0.261 e. The van der Waals surface area contributed by atoms with Crippen LogP contribution in [-0.2, 0) is 59.4 Å². The molecule has 7 heterocycles. The van der Waals surface area contributed by atoms with Gasteiger partial charge in [-0.1, -0.05) is 108 Å². The summed E-state index contributed by atoms with van der Waals surface area (Å²) in [6.45, 7) is 20.6. The van der Waals surface area contributed by atoms with E-state index in [9.17, 15) is 43.9 Å². The number of aliphatic hydroxyl groups excluding tert-OH is 2. The maximum absolute atomic E-state index is 14.0. The molecular weight excluding hydrogens is 1880 g/mol. The number of anilines is 8. The number of hydrogen-bond acceptors (Lipinski definition) is 20. The molecule has 0 saturated carbocycles. The molecular formula is C106H125Cl2N13O10S6. The third-order valence-corrected chi connectivity index (χ3v) is 35.6. The van der Waals surface area contributed by atoms with Gasteiger partial charge in [-0.15, -0.1) is 23.5 Å². The van der Waals surface area contributed by atoms with Gasteiger partial charge in [0, 0.05) is 237 Å². The second kappa shape index (κ2) is 44.7. The summed E-state index contributed by atoms with van der Waals surface area (Å²) in [5, 5.41) is 28.7. The molecule has 4 saturated heterocycles. The Kier molecular flexibility index (Phi) is 32.6. The molecule has 0 radical (unpaired) electrons. The zero-order valence-corrected chi connectivity index (χ0v) is 85.3. The molecule has 2 atom stereocenters. The van der Waals surface area contributed by atoms with Crippen LogP contribution in [0.3, 0.4) is 0 Å². The number of aliphatic hydroxyl groups is 2. The number of likely N-dealkylation sites (tertiary alicyclic amines) is 2. The predicted molar refractivity (Wildman–Crippen MR) is 565 cm³/mol. The van der Waals surface area contributed by atoms with E-state index in [0.29, 0.717) is 55.4 Å².